The summed E-state index contributed by atoms with van der Waals surface area (Å²) in [6.07, 6.45) is 1.59. The molecule has 168 valence electrons. The summed E-state index contributed by atoms with van der Waals surface area (Å²) >= 11 is 0. The van der Waals surface area contributed by atoms with Crippen molar-refractivity contribution < 1.29 is 14.3 Å². The molecule has 0 atom stereocenters. The van der Waals surface area contributed by atoms with Gasteiger partial charge in [0.25, 0.3) is 5.91 Å². The van der Waals surface area contributed by atoms with E-state index in [1.54, 1.807) is 44.7 Å². The lowest BCUT2D eigenvalue weighted by Crippen LogP contribution is -2.18. The number of methoxy groups -OCH3 is 2. The Labute approximate surface area is 191 Å². The van der Waals surface area contributed by atoms with Gasteiger partial charge in [-0.2, -0.15) is 15.3 Å². The van der Waals surface area contributed by atoms with Gasteiger partial charge in [-0.1, -0.05) is 18.2 Å². The molecule has 2 heterocycles. The summed E-state index contributed by atoms with van der Waals surface area (Å²) in [6.45, 7) is 3.86. The minimum atomic E-state index is -0.419. The molecule has 2 N–H and O–H groups in total. The lowest BCUT2D eigenvalue weighted by atomic mass is 10.1. The SMILES string of the molecule is COc1ccc(OC)c(-c2cc(C(=O)N/N=C/c3c(C)nn(-c4ccccc4)c3C)[nH]n2)c1. The second-order valence-corrected chi connectivity index (χ2v) is 7.26. The lowest BCUT2D eigenvalue weighted by Gasteiger charge is -2.08. The van der Waals surface area contributed by atoms with Crippen molar-refractivity contribution in [1.82, 2.24) is 25.4 Å². The van der Waals surface area contributed by atoms with Crippen molar-refractivity contribution in [3.63, 3.8) is 0 Å². The molecule has 0 aliphatic heterocycles. The number of aromatic nitrogens is 4. The minimum Gasteiger partial charge on any atom is -0.497 e. The van der Waals surface area contributed by atoms with Crippen LogP contribution in [0.1, 0.15) is 27.4 Å². The fraction of sp³-hybridized carbons (Fsp3) is 0.167. The Bertz CT molecular complexity index is 1310. The third-order valence-corrected chi connectivity index (χ3v) is 5.21. The summed E-state index contributed by atoms with van der Waals surface area (Å²) < 4.78 is 12.5. The Morgan fingerprint density at radius 3 is 2.61 bits per heavy atom. The predicted octanol–water partition coefficient (Wildman–Crippen LogP) is 3.66. The summed E-state index contributed by atoms with van der Waals surface area (Å²) in [5.41, 5.74) is 7.58. The molecule has 4 aromatic rings. The predicted molar refractivity (Wildman–Crippen MR) is 125 cm³/mol. The molecule has 9 nitrogen and oxygen atoms in total. The number of para-hydroxylation sites is 1. The molecule has 0 saturated carbocycles. The van der Waals surface area contributed by atoms with Gasteiger partial charge in [0.15, 0.2) is 0 Å². The number of carbonyl (C=O) groups is 1. The minimum absolute atomic E-state index is 0.264. The van der Waals surface area contributed by atoms with Crippen LogP contribution < -0.4 is 14.9 Å². The molecule has 0 radical (unpaired) electrons. The smallest absolute Gasteiger partial charge is 0.289 e. The van der Waals surface area contributed by atoms with Gasteiger partial charge in [-0.15, -0.1) is 0 Å². The molecule has 2 aromatic heterocycles. The fourth-order valence-electron chi connectivity index (χ4n) is 3.47. The molecule has 0 aliphatic rings. The average Bonchev–Trinajstić information content (AvgIpc) is 3.45. The number of hydrazone groups is 1. The second kappa shape index (κ2) is 9.39. The summed E-state index contributed by atoms with van der Waals surface area (Å²) in [6, 6.07) is 16.8. The number of aromatic amines is 1. The Kier molecular flexibility index (Phi) is 6.21. The first-order valence-corrected chi connectivity index (χ1v) is 10.2. The summed E-state index contributed by atoms with van der Waals surface area (Å²) in [5.74, 6) is 0.859. The van der Waals surface area contributed by atoms with Crippen LogP contribution in [0.3, 0.4) is 0 Å². The zero-order valence-corrected chi connectivity index (χ0v) is 18.8. The lowest BCUT2D eigenvalue weighted by molar-refractivity contribution is 0.0950. The Morgan fingerprint density at radius 1 is 1.09 bits per heavy atom. The summed E-state index contributed by atoms with van der Waals surface area (Å²) in [4.78, 5) is 12.6. The van der Waals surface area contributed by atoms with Crippen LogP contribution in [0.2, 0.25) is 0 Å². The molecule has 0 saturated heterocycles. The van der Waals surface area contributed by atoms with E-state index in [1.807, 2.05) is 48.9 Å². The number of rotatable bonds is 7. The first-order chi connectivity index (χ1) is 16.0. The number of hydrogen-bond acceptors (Lipinski definition) is 6. The van der Waals surface area contributed by atoms with Gasteiger partial charge in [0.2, 0.25) is 0 Å². The van der Waals surface area contributed by atoms with Crippen LogP contribution in [-0.4, -0.2) is 46.3 Å². The van der Waals surface area contributed by atoms with Gasteiger partial charge in [-0.05, 0) is 50.2 Å². The van der Waals surface area contributed by atoms with E-state index < -0.39 is 5.91 Å². The number of H-pyrrole nitrogens is 1. The highest BCUT2D eigenvalue weighted by Gasteiger charge is 2.15. The number of aryl methyl sites for hydroxylation is 1. The van der Waals surface area contributed by atoms with Gasteiger partial charge in [-0.3, -0.25) is 9.89 Å². The van der Waals surface area contributed by atoms with Crippen LogP contribution in [0.4, 0.5) is 0 Å². The van der Waals surface area contributed by atoms with E-state index in [2.05, 4.69) is 25.8 Å². The molecule has 33 heavy (non-hydrogen) atoms. The van der Waals surface area contributed by atoms with E-state index in [1.165, 1.54) is 0 Å². The van der Waals surface area contributed by atoms with E-state index in [0.717, 1.165) is 22.6 Å². The molecular formula is C24H24N6O3. The number of nitrogens with zero attached hydrogens (tertiary/aromatic N) is 4. The van der Waals surface area contributed by atoms with Crippen LogP contribution in [0.25, 0.3) is 16.9 Å². The summed E-state index contributed by atoms with van der Waals surface area (Å²) in [7, 11) is 3.16. The third kappa shape index (κ3) is 4.47. The van der Waals surface area contributed by atoms with Gasteiger partial charge >= 0.3 is 0 Å². The summed E-state index contributed by atoms with van der Waals surface area (Å²) in [5, 5.41) is 15.7. The fourth-order valence-corrected chi connectivity index (χ4v) is 3.47. The molecule has 0 aliphatic carbocycles. The molecule has 1 amide bonds. The molecule has 2 aromatic carbocycles. The van der Waals surface area contributed by atoms with Gasteiger partial charge < -0.3 is 9.47 Å². The van der Waals surface area contributed by atoms with Crippen molar-refractivity contribution in [3.8, 4) is 28.4 Å². The molecule has 0 unspecified atom stereocenters. The Morgan fingerprint density at radius 2 is 1.88 bits per heavy atom. The number of carbonyl (C=O) groups excluding carboxylic acids is 1. The number of amides is 1. The maximum absolute atomic E-state index is 12.6. The van der Waals surface area contributed by atoms with Crippen molar-refractivity contribution in [3.05, 3.63) is 77.2 Å². The van der Waals surface area contributed by atoms with Crippen molar-refractivity contribution in [2.45, 2.75) is 13.8 Å². The maximum atomic E-state index is 12.6. The number of ether oxygens (including phenoxy) is 2. The number of nitrogens with one attached hydrogen (secondary N) is 2. The highest BCUT2D eigenvalue weighted by Crippen LogP contribution is 2.32. The normalized spacial score (nSPS) is 11.0. The largest absolute Gasteiger partial charge is 0.497 e. The highest BCUT2D eigenvalue weighted by atomic mass is 16.5. The van der Waals surface area contributed by atoms with E-state index >= 15 is 0 Å². The highest BCUT2D eigenvalue weighted by molar-refractivity contribution is 5.94. The first-order valence-electron chi connectivity index (χ1n) is 10.2. The van der Waals surface area contributed by atoms with E-state index in [0.29, 0.717) is 22.8 Å². The average molecular weight is 444 g/mol. The first kappa shape index (κ1) is 21.8. The zero-order chi connectivity index (χ0) is 23.4. The zero-order valence-electron chi connectivity index (χ0n) is 18.8. The van der Waals surface area contributed by atoms with Crippen molar-refractivity contribution in [2.75, 3.05) is 14.2 Å². The second-order valence-electron chi connectivity index (χ2n) is 7.26. The molecule has 9 heteroatoms. The van der Waals surface area contributed by atoms with Gasteiger partial charge in [0.1, 0.15) is 17.2 Å². The van der Waals surface area contributed by atoms with Gasteiger partial charge in [-0.25, -0.2) is 10.1 Å². The van der Waals surface area contributed by atoms with Crippen molar-refractivity contribution in [1.29, 1.82) is 0 Å². The molecule has 0 fully saturated rings. The molecule has 0 spiro atoms. The molecule has 0 bridgehead atoms. The van der Waals surface area contributed by atoms with E-state index in [9.17, 15) is 4.79 Å². The van der Waals surface area contributed by atoms with Crippen LogP contribution in [0, 0.1) is 13.8 Å². The van der Waals surface area contributed by atoms with E-state index in [-0.39, 0.29) is 5.69 Å². The van der Waals surface area contributed by atoms with Crippen LogP contribution in [0.5, 0.6) is 11.5 Å². The molecular weight excluding hydrogens is 420 g/mol. The quantitative estimate of drug-likeness (QED) is 0.334. The topological polar surface area (TPSA) is 106 Å². The third-order valence-electron chi connectivity index (χ3n) is 5.21. The van der Waals surface area contributed by atoms with Crippen molar-refractivity contribution >= 4 is 12.1 Å². The number of benzene rings is 2. The van der Waals surface area contributed by atoms with E-state index in [4.69, 9.17) is 9.47 Å². The van der Waals surface area contributed by atoms with Crippen molar-refractivity contribution in [2.24, 2.45) is 5.10 Å². The maximum Gasteiger partial charge on any atom is 0.289 e. The van der Waals surface area contributed by atoms with Crippen LogP contribution >= 0.6 is 0 Å². The van der Waals surface area contributed by atoms with Gasteiger partial charge in [0.05, 0.1) is 43.2 Å². The van der Waals surface area contributed by atoms with Gasteiger partial charge in [0, 0.05) is 11.1 Å². The standard InChI is InChI=1S/C24H24N6O3/c1-15-20(16(2)30(29-15)17-8-6-5-7-9-17)14-25-28-24(31)22-13-21(26-27-22)19-12-18(32-3)10-11-23(19)33-4/h5-14H,1-4H3,(H,26,27)(H,28,31)/b25-14+. The van der Waals surface area contributed by atoms with Crippen LogP contribution in [0.15, 0.2) is 59.7 Å². The monoisotopic (exact) mass is 444 g/mol. The Balaban J connectivity index is 1.50. The number of hydrogen-bond donors (Lipinski definition) is 2. The Hall–Kier alpha value is -4.40. The van der Waals surface area contributed by atoms with Crippen LogP contribution in [-0.2, 0) is 0 Å². The molecule has 4 rings (SSSR count).